The molecule has 1 atom stereocenters. The highest BCUT2D eigenvalue weighted by Crippen LogP contribution is 2.27. The molecule has 25 heavy (non-hydrogen) atoms. The topological polar surface area (TPSA) is 52.2 Å². The largest absolute Gasteiger partial charge is 0.340 e. The lowest BCUT2D eigenvalue weighted by molar-refractivity contribution is -0.135. The summed E-state index contributed by atoms with van der Waals surface area (Å²) in [6, 6.07) is 10.3. The first-order valence-electron chi connectivity index (χ1n) is 9.01. The van der Waals surface area contributed by atoms with Gasteiger partial charge in [0, 0.05) is 36.7 Å². The van der Waals surface area contributed by atoms with Crippen LogP contribution in [-0.2, 0) is 11.3 Å². The Hall–Kier alpha value is -1.79. The molecule has 2 aliphatic heterocycles. The number of likely N-dealkylation sites (tertiary alicyclic amines) is 1. The second-order valence-corrected chi connectivity index (χ2v) is 7.93. The molecular formula is C19H24N4OS. The second kappa shape index (κ2) is 7.62. The molecule has 1 aromatic carbocycles. The highest BCUT2D eigenvalue weighted by molar-refractivity contribution is 7.99. The van der Waals surface area contributed by atoms with E-state index in [1.807, 2.05) is 36.2 Å². The van der Waals surface area contributed by atoms with E-state index in [2.05, 4.69) is 32.1 Å². The van der Waals surface area contributed by atoms with Gasteiger partial charge in [0.2, 0.25) is 5.91 Å². The molecule has 6 heteroatoms. The predicted octanol–water partition coefficient (Wildman–Crippen LogP) is 2.62. The van der Waals surface area contributed by atoms with E-state index in [1.165, 1.54) is 5.56 Å². The molecule has 0 bridgehead atoms. The molecule has 2 saturated heterocycles. The van der Waals surface area contributed by atoms with Crippen molar-refractivity contribution < 1.29 is 4.79 Å². The third-order valence-electron chi connectivity index (χ3n) is 5.13. The SMILES string of the molecule is O=C(C1CCCN1Cc1cn[nH]c1-c1ccccc1)N1CCSCC1. The van der Waals surface area contributed by atoms with Gasteiger partial charge in [0.25, 0.3) is 0 Å². The molecule has 1 aromatic heterocycles. The Kier molecular flexibility index (Phi) is 5.08. The first-order valence-corrected chi connectivity index (χ1v) is 10.2. The molecule has 2 aromatic rings. The van der Waals surface area contributed by atoms with Crippen molar-refractivity contribution in [1.29, 1.82) is 0 Å². The number of nitrogens with zero attached hydrogens (tertiary/aromatic N) is 3. The van der Waals surface area contributed by atoms with Crippen LogP contribution in [0.25, 0.3) is 11.3 Å². The Morgan fingerprint density at radius 1 is 1.20 bits per heavy atom. The summed E-state index contributed by atoms with van der Waals surface area (Å²) in [6.07, 6.45) is 3.97. The molecule has 0 aliphatic carbocycles. The Morgan fingerprint density at radius 2 is 2.00 bits per heavy atom. The Bertz CT molecular complexity index is 711. The Morgan fingerprint density at radius 3 is 2.80 bits per heavy atom. The van der Waals surface area contributed by atoms with Crippen molar-refractivity contribution in [3.63, 3.8) is 0 Å². The van der Waals surface area contributed by atoms with Crippen molar-refractivity contribution in [3.05, 3.63) is 42.1 Å². The average Bonchev–Trinajstić information content (AvgIpc) is 3.32. The monoisotopic (exact) mass is 356 g/mol. The van der Waals surface area contributed by atoms with Crippen LogP contribution >= 0.6 is 11.8 Å². The summed E-state index contributed by atoms with van der Waals surface area (Å²) in [7, 11) is 0. The molecule has 3 heterocycles. The van der Waals surface area contributed by atoms with Gasteiger partial charge in [0.1, 0.15) is 0 Å². The first-order chi connectivity index (χ1) is 12.3. The van der Waals surface area contributed by atoms with Gasteiger partial charge in [-0.05, 0) is 24.9 Å². The number of hydrogen-bond donors (Lipinski definition) is 1. The lowest BCUT2D eigenvalue weighted by atomic mass is 10.1. The van der Waals surface area contributed by atoms with E-state index in [9.17, 15) is 4.79 Å². The quantitative estimate of drug-likeness (QED) is 0.915. The minimum absolute atomic E-state index is 0.0293. The molecule has 0 saturated carbocycles. The number of carbonyl (C=O) groups is 1. The minimum Gasteiger partial charge on any atom is -0.340 e. The van der Waals surface area contributed by atoms with Gasteiger partial charge in [0.05, 0.1) is 17.9 Å². The highest BCUT2D eigenvalue weighted by Gasteiger charge is 2.34. The van der Waals surface area contributed by atoms with Gasteiger partial charge in [-0.1, -0.05) is 30.3 Å². The highest BCUT2D eigenvalue weighted by atomic mass is 32.2. The number of thioether (sulfide) groups is 1. The summed E-state index contributed by atoms with van der Waals surface area (Å²) >= 11 is 1.94. The predicted molar refractivity (Wildman–Crippen MR) is 101 cm³/mol. The maximum atomic E-state index is 12.9. The molecule has 1 unspecified atom stereocenters. The first kappa shape index (κ1) is 16.7. The number of carbonyl (C=O) groups excluding carboxylic acids is 1. The molecule has 0 radical (unpaired) electrons. The van der Waals surface area contributed by atoms with E-state index in [4.69, 9.17) is 0 Å². The number of hydrogen-bond acceptors (Lipinski definition) is 4. The number of rotatable bonds is 4. The Labute approximate surface area is 152 Å². The van der Waals surface area contributed by atoms with Gasteiger partial charge in [-0.2, -0.15) is 16.9 Å². The van der Waals surface area contributed by atoms with Crippen molar-refractivity contribution in [3.8, 4) is 11.3 Å². The second-order valence-electron chi connectivity index (χ2n) is 6.70. The lowest BCUT2D eigenvalue weighted by Gasteiger charge is -2.32. The van der Waals surface area contributed by atoms with Gasteiger partial charge in [-0.25, -0.2) is 0 Å². The number of aromatic nitrogens is 2. The summed E-state index contributed by atoms with van der Waals surface area (Å²) in [5.41, 5.74) is 3.37. The molecule has 132 valence electrons. The van der Waals surface area contributed by atoms with E-state index >= 15 is 0 Å². The van der Waals surface area contributed by atoms with Gasteiger partial charge in [-0.15, -0.1) is 0 Å². The molecule has 2 fully saturated rings. The van der Waals surface area contributed by atoms with Crippen LogP contribution in [0, 0.1) is 0 Å². The molecular weight excluding hydrogens is 332 g/mol. The van der Waals surface area contributed by atoms with Crippen LogP contribution in [0.15, 0.2) is 36.5 Å². The van der Waals surface area contributed by atoms with Gasteiger partial charge in [0.15, 0.2) is 0 Å². The van der Waals surface area contributed by atoms with Gasteiger partial charge < -0.3 is 4.90 Å². The average molecular weight is 356 g/mol. The van der Waals surface area contributed by atoms with Crippen LogP contribution in [0.3, 0.4) is 0 Å². The maximum Gasteiger partial charge on any atom is 0.239 e. The number of H-pyrrole nitrogens is 1. The van der Waals surface area contributed by atoms with E-state index < -0.39 is 0 Å². The molecule has 2 aliphatic rings. The maximum absolute atomic E-state index is 12.9. The summed E-state index contributed by atoms with van der Waals surface area (Å²) in [6.45, 7) is 3.56. The van der Waals surface area contributed by atoms with Crippen LogP contribution < -0.4 is 0 Å². The van der Waals surface area contributed by atoms with Crippen LogP contribution in [0.5, 0.6) is 0 Å². The smallest absolute Gasteiger partial charge is 0.239 e. The van der Waals surface area contributed by atoms with Crippen molar-refractivity contribution in [1.82, 2.24) is 20.0 Å². The third kappa shape index (κ3) is 3.60. The molecule has 1 amide bonds. The number of amides is 1. The number of nitrogens with one attached hydrogen (secondary N) is 1. The lowest BCUT2D eigenvalue weighted by Crippen LogP contribution is -2.48. The van der Waals surface area contributed by atoms with Crippen molar-refractivity contribution in [2.45, 2.75) is 25.4 Å². The normalized spacial score (nSPS) is 21.6. The summed E-state index contributed by atoms with van der Waals surface area (Å²) in [4.78, 5) is 17.3. The van der Waals surface area contributed by atoms with Crippen LogP contribution in [0.4, 0.5) is 0 Å². The van der Waals surface area contributed by atoms with E-state index in [-0.39, 0.29) is 6.04 Å². The molecule has 1 N–H and O–H groups in total. The van der Waals surface area contributed by atoms with Gasteiger partial charge in [-0.3, -0.25) is 14.8 Å². The van der Waals surface area contributed by atoms with E-state index in [0.717, 1.165) is 61.8 Å². The van der Waals surface area contributed by atoms with Crippen LogP contribution in [-0.4, -0.2) is 63.1 Å². The summed E-state index contributed by atoms with van der Waals surface area (Å²) < 4.78 is 0. The summed E-state index contributed by atoms with van der Waals surface area (Å²) in [5, 5.41) is 7.38. The van der Waals surface area contributed by atoms with Crippen molar-refractivity contribution in [2.75, 3.05) is 31.1 Å². The number of benzene rings is 1. The molecule has 4 rings (SSSR count). The fourth-order valence-electron chi connectivity index (χ4n) is 3.79. The van der Waals surface area contributed by atoms with E-state index in [1.54, 1.807) is 0 Å². The minimum atomic E-state index is 0.0293. The van der Waals surface area contributed by atoms with Crippen LogP contribution in [0.2, 0.25) is 0 Å². The van der Waals surface area contributed by atoms with Crippen molar-refractivity contribution >= 4 is 17.7 Å². The number of aromatic amines is 1. The third-order valence-corrected chi connectivity index (χ3v) is 6.07. The van der Waals surface area contributed by atoms with E-state index in [0.29, 0.717) is 5.91 Å². The van der Waals surface area contributed by atoms with Crippen LogP contribution in [0.1, 0.15) is 18.4 Å². The Balaban J connectivity index is 1.49. The molecule has 0 spiro atoms. The zero-order valence-corrected chi connectivity index (χ0v) is 15.2. The fraction of sp³-hybridized carbons (Fsp3) is 0.474. The van der Waals surface area contributed by atoms with Crippen molar-refractivity contribution in [2.24, 2.45) is 0 Å². The zero-order valence-electron chi connectivity index (χ0n) is 14.4. The fourth-order valence-corrected chi connectivity index (χ4v) is 4.70. The standard InChI is InChI=1S/C19H24N4OS/c24-19(22-9-11-25-12-10-22)17-7-4-8-23(17)14-16-13-20-21-18(16)15-5-2-1-3-6-15/h1-3,5-6,13,17H,4,7-12,14H2,(H,20,21). The molecule has 5 nitrogen and oxygen atoms in total. The zero-order chi connectivity index (χ0) is 17.1. The van der Waals surface area contributed by atoms with Gasteiger partial charge >= 0.3 is 0 Å². The summed E-state index contributed by atoms with van der Waals surface area (Å²) in [5.74, 6) is 2.46.